The van der Waals surface area contributed by atoms with Gasteiger partial charge in [0.1, 0.15) is 11.6 Å². The third-order valence-electron chi connectivity index (χ3n) is 4.18. The molecule has 4 unspecified atom stereocenters. The van der Waals surface area contributed by atoms with Gasteiger partial charge in [-0.25, -0.2) is 4.39 Å². The smallest absolute Gasteiger partial charge is 0.131 e. The van der Waals surface area contributed by atoms with E-state index in [-0.39, 0.29) is 23.9 Å². The average molecular weight is 251 g/mol. The van der Waals surface area contributed by atoms with Crippen molar-refractivity contribution in [2.75, 3.05) is 7.11 Å². The lowest BCUT2D eigenvalue weighted by molar-refractivity contribution is 0.0882. The number of hydrogen-bond donors (Lipinski definition) is 1. The van der Waals surface area contributed by atoms with Gasteiger partial charge >= 0.3 is 0 Å². The number of hydrogen-bond acceptors (Lipinski definition) is 3. The SMILES string of the molecule is COc1ccc(C(N)C2CC3CCC2O3)c(F)c1. The van der Waals surface area contributed by atoms with Gasteiger partial charge in [-0.3, -0.25) is 0 Å². The van der Waals surface area contributed by atoms with Crippen molar-refractivity contribution in [2.45, 2.75) is 37.5 Å². The Labute approximate surface area is 106 Å². The lowest BCUT2D eigenvalue weighted by Crippen LogP contribution is -2.29. The van der Waals surface area contributed by atoms with Crippen molar-refractivity contribution < 1.29 is 13.9 Å². The van der Waals surface area contributed by atoms with Gasteiger partial charge in [0.15, 0.2) is 0 Å². The maximum Gasteiger partial charge on any atom is 0.131 e. The number of methoxy groups -OCH3 is 1. The molecule has 0 radical (unpaired) electrons. The van der Waals surface area contributed by atoms with Crippen molar-refractivity contribution in [2.24, 2.45) is 11.7 Å². The molecule has 98 valence electrons. The Hall–Kier alpha value is -1.13. The van der Waals surface area contributed by atoms with Crippen LogP contribution in [-0.4, -0.2) is 19.3 Å². The van der Waals surface area contributed by atoms with Gasteiger partial charge in [-0.2, -0.15) is 0 Å². The van der Waals surface area contributed by atoms with E-state index < -0.39 is 0 Å². The first-order valence-corrected chi connectivity index (χ1v) is 6.43. The highest BCUT2D eigenvalue weighted by atomic mass is 19.1. The van der Waals surface area contributed by atoms with E-state index in [9.17, 15) is 4.39 Å². The predicted octanol–water partition coefficient (Wildman–Crippen LogP) is 2.40. The third kappa shape index (κ3) is 1.89. The summed E-state index contributed by atoms with van der Waals surface area (Å²) in [4.78, 5) is 0. The third-order valence-corrected chi connectivity index (χ3v) is 4.18. The Kier molecular flexibility index (Phi) is 2.99. The molecule has 0 aromatic heterocycles. The van der Waals surface area contributed by atoms with Gasteiger partial charge in [-0.15, -0.1) is 0 Å². The minimum atomic E-state index is -0.287. The van der Waals surface area contributed by atoms with Crippen LogP contribution in [0.1, 0.15) is 30.9 Å². The molecule has 0 aliphatic carbocycles. The standard InChI is InChI=1S/C14H18FNO2/c1-17-8-2-4-10(12(15)7-8)14(16)11-6-9-3-5-13(11)18-9/h2,4,7,9,11,13-14H,3,5-6,16H2,1H3. The van der Waals surface area contributed by atoms with Crippen LogP contribution in [0.5, 0.6) is 5.75 Å². The van der Waals surface area contributed by atoms with E-state index in [1.807, 2.05) is 0 Å². The van der Waals surface area contributed by atoms with Crippen LogP contribution in [0.3, 0.4) is 0 Å². The van der Waals surface area contributed by atoms with Crippen LogP contribution in [0.25, 0.3) is 0 Å². The first-order valence-electron chi connectivity index (χ1n) is 6.43. The largest absolute Gasteiger partial charge is 0.497 e. The molecular formula is C14H18FNO2. The Morgan fingerprint density at radius 3 is 2.83 bits per heavy atom. The molecule has 4 atom stereocenters. The van der Waals surface area contributed by atoms with Crippen molar-refractivity contribution in [1.29, 1.82) is 0 Å². The van der Waals surface area contributed by atoms with Gasteiger partial charge in [0.05, 0.1) is 19.3 Å². The normalized spacial score (nSPS) is 31.6. The minimum absolute atomic E-state index is 0.214. The van der Waals surface area contributed by atoms with Gasteiger partial charge in [0.25, 0.3) is 0 Å². The highest BCUT2D eigenvalue weighted by Gasteiger charge is 2.44. The minimum Gasteiger partial charge on any atom is -0.497 e. The molecule has 2 aliphatic rings. The number of halogens is 1. The average Bonchev–Trinajstić information content (AvgIpc) is 3.00. The quantitative estimate of drug-likeness (QED) is 0.897. The molecule has 1 aromatic rings. The van der Waals surface area contributed by atoms with E-state index in [1.165, 1.54) is 13.2 Å². The second-order valence-electron chi connectivity index (χ2n) is 5.19. The van der Waals surface area contributed by atoms with E-state index in [0.717, 1.165) is 19.3 Å². The van der Waals surface area contributed by atoms with Crippen LogP contribution in [-0.2, 0) is 4.74 Å². The molecule has 2 aliphatic heterocycles. The summed E-state index contributed by atoms with van der Waals surface area (Å²) in [6.07, 6.45) is 3.69. The summed E-state index contributed by atoms with van der Waals surface area (Å²) in [7, 11) is 1.53. The summed E-state index contributed by atoms with van der Waals surface area (Å²) < 4.78 is 24.8. The molecule has 2 saturated heterocycles. The van der Waals surface area contributed by atoms with Crippen LogP contribution in [0.4, 0.5) is 4.39 Å². The van der Waals surface area contributed by atoms with Crippen LogP contribution in [0.15, 0.2) is 18.2 Å². The predicted molar refractivity (Wildman–Crippen MR) is 65.9 cm³/mol. The summed E-state index contributed by atoms with van der Waals surface area (Å²) in [5, 5.41) is 0. The lowest BCUT2D eigenvalue weighted by Gasteiger charge is -2.26. The highest BCUT2D eigenvalue weighted by molar-refractivity contribution is 5.31. The number of nitrogens with two attached hydrogens (primary N) is 1. The maximum absolute atomic E-state index is 14.0. The topological polar surface area (TPSA) is 44.5 Å². The van der Waals surface area contributed by atoms with Crippen LogP contribution in [0.2, 0.25) is 0 Å². The van der Waals surface area contributed by atoms with E-state index in [2.05, 4.69) is 0 Å². The van der Waals surface area contributed by atoms with E-state index in [0.29, 0.717) is 17.4 Å². The molecule has 18 heavy (non-hydrogen) atoms. The molecule has 4 heteroatoms. The lowest BCUT2D eigenvalue weighted by atomic mass is 9.81. The Morgan fingerprint density at radius 2 is 2.28 bits per heavy atom. The van der Waals surface area contributed by atoms with Gasteiger partial charge in [0, 0.05) is 23.6 Å². The van der Waals surface area contributed by atoms with Gasteiger partial charge < -0.3 is 15.2 Å². The Morgan fingerprint density at radius 1 is 1.44 bits per heavy atom. The first kappa shape index (κ1) is 11.9. The second kappa shape index (κ2) is 4.52. The van der Waals surface area contributed by atoms with Gasteiger partial charge in [-0.05, 0) is 25.3 Å². The van der Waals surface area contributed by atoms with Crippen molar-refractivity contribution in [3.05, 3.63) is 29.6 Å². The molecule has 2 heterocycles. The zero-order valence-corrected chi connectivity index (χ0v) is 10.4. The number of ether oxygens (including phenoxy) is 2. The molecule has 2 fully saturated rings. The zero-order valence-electron chi connectivity index (χ0n) is 10.4. The Balaban J connectivity index is 1.82. The maximum atomic E-state index is 14.0. The van der Waals surface area contributed by atoms with Crippen molar-refractivity contribution >= 4 is 0 Å². The monoisotopic (exact) mass is 251 g/mol. The van der Waals surface area contributed by atoms with Crippen LogP contribution >= 0.6 is 0 Å². The first-order chi connectivity index (χ1) is 8.69. The summed E-state index contributed by atoms with van der Waals surface area (Å²) in [6, 6.07) is 4.59. The number of benzene rings is 1. The summed E-state index contributed by atoms with van der Waals surface area (Å²) >= 11 is 0. The molecular weight excluding hydrogens is 233 g/mol. The molecule has 2 N–H and O–H groups in total. The van der Waals surface area contributed by atoms with E-state index >= 15 is 0 Å². The molecule has 3 nitrogen and oxygen atoms in total. The van der Waals surface area contributed by atoms with Crippen molar-refractivity contribution in [3.8, 4) is 5.75 Å². The van der Waals surface area contributed by atoms with E-state index in [1.54, 1.807) is 12.1 Å². The number of rotatable bonds is 3. The molecule has 0 saturated carbocycles. The zero-order chi connectivity index (χ0) is 12.7. The molecule has 3 rings (SSSR count). The van der Waals surface area contributed by atoms with Gasteiger partial charge in [-0.1, -0.05) is 6.07 Å². The van der Waals surface area contributed by atoms with E-state index in [4.69, 9.17) is 15.2 Å². The van der Waals surface area contributed by atoms with Crippen molar-refractivity contribution in [1.82, 2.24) is 0 Å². The molecule has 2 bridgehead atoms. The number of fused-ring (bicyclic) bond motifs is 2. The van der Waals surface area contributed by atoms with Crippen LogP contribution in [0, 0.1) is 11.7 Å². The molecule has 0 spiro atoms. The van der Waals surface area contributed by atoms with Gasteiger partial charge in [0.2, 0.25) is 0 Å². The fraction of sp³-hybridized carbons (Fsp3) is 0.571. The molecule has 0 amide bonds. The fourth-order valence-electron chi connectivity index (χ4n) is 3.19. The summed E-state index contributed by atoms with van der Waals surface area (Å²) in [6.45, 7) is 0. The fourth-order valence-corrected chi connectivity index (χ4v) is 3.19. The Bertz CT molecular complexity index is 451. The highest BCUT2D eigenvalue weighted by Crippen LogP contribution is 2.44. The second-order valence-corrected chi connectivity index (χ2v) is 5.19. The van der Waals surface area contributed by atoms with Crippen molar-refractivity contribution in [3.63, 3.8) is 0 Å². The molecule has 1 aromatic carbocycles. The van der Waals surface area contributed by atoms with Crippen LogP contribution < -0.4 is 10.5 Å². The summed E-state index contributed by atoms with van der Waals surface area (Å²) in [5.74, 6) is 0.476. The summed E-state index contributed by atoms with van der Waals surface area (Å²) in [5.41, 5.74) is 6.78.